The first-order chi connectivity index (χ1) is 14.7. The first-order valence-corrected chi connectivity index (χ1v) is 11.6. The van der Waals surface area contributed by atoms with Crippen molar-refractivity contribution in [3.8, 4) is 0 Å². The van der Waals surface area contributed by atoms with Crippen LogP contribution in [0.5, 0.6) is 0 Å². The van der Waals surface area contributed by atoms with Gasteiger partial charge in [-0.3, -0.25) is 14.6 Å². The van der Waals surface area contributed by atoms with E-state index >= 15 is 0 Å². The van der Waals surface area contributed by atoms with E-state index in [2.05, 4.69) is 16.4 Å². The van der Waals surface area contributed by atoms with Gasteiger partial charge in [-0.15, -0.1) is 11.3 Å². The summed E-state index contributed by atoms with van der Waals surface area (Å²) in [7, 11) is 0. The smallest absolute Gasteiger partial charge is 0.242 e. The molecule has 160 valence electrons. The summed E-state index contributed by atoms with van der Waals surface area (Å²) < 4.78 is 6.15. The Morgan fingerprint density at radius 1 is 1.23 bits per heavy atom. The van der Waals surface area contributed by atoms with Crippen LogP contribution in [0.15, 0.2) is 42.0 Å². The Kier molecular flexibility index (Phi) is 7.12. The van der Waals surface area contributed by atoms with Gasteiger partial charge in [0.2, 0.25) is 11.8 Å². The van der Waals surface area contributed by atoms with Crippen LogP contribution in [0.1, 0.15) is 36.1 Å². The van der Waals surface area contributed by atoms with Crippen LogP contribution in [0.2, 0.25) is 0 Å². The molecule has 1 aliphatic carbocycles. The molecule has 0 unspecified atom stereocenters. The highest BCUT2D eigenvalue weighted by atomic mass is 32.1. The first-order valence-electron chi connectivity index (χ1n) is 10.8. The Labute approximate surface area is 181 Å². The van der Waals surface area contributed by atoms with E-state index in [9.17, 15) is 9.59 Å². The van der Waals surface area contributed by atoms with Crippen molar-refractivity contribution >= 4 is 23.2 Å². The van der Waals surface area contributed by atoms with Crippen molar-refractivity contribution in [2.75, 3.05) is 26.2 Å². The maximum atomic E-state index is 12.9. The van der Waals surface area contributed by atoms with Crippen LogP contribution in [0, 0.1) is 5.92 Å². The van der Waals surface area contributed by atoms with Gasteiger partial charge in [-0.25, -0.2) is 0 Å². The minimum Gasteiger partial charge on any atom is -0.374 e. The first kappa shape index (κ1) is 21.0. The average Bonchev–Trinajstić information content (AvgIpc) is 3.47. The van der Waals surface area contributed by atoms with Gasteiger partial charge in [0.15, 0.2) is 0 Å². The number of ether oxygens (including phenoxy) is 1. The highest BCUT2D eigenvalue weighted by Crippen LogP contribution is 2.29. The summed E-state index contributed by atoms with van der Waals surface area (Å²) >= 11 is 1.72. The van der Waals surface area contributed by atoms with Gasteiger partial charge in [0.25, 0.3) is 0 Å². The molecule has 2 aromatic heterocycles. The highest BCUT2D eigenvalue weighted by molar-refractivity contribution is 7.09. The minimum atomic E-state index is -0.144. The number of carbonyl (C=O) groups is 2. The van der Waals surface area contributed by atoms with Crippen LogP contribution in [0.3, 0.4) is 0 Å². The molecule has 1 atom stereocenters. The monoisotopic (exact) mass is 427 g/mol. The maximum Gasteiger partial charge on any atom is 0.242 e. The number of rotatable bonds is 9. The number of amides is 2. The Morgan fingerprint density at radius 3 is 2.87 bits per heavy atom. The van der Waals surface area contributed by atoms with Gasteiger partial charge in [-0.1, -0.05) is 12.1 Å². The van der Waals surface area contributed by atoms with Crippen molar-refractivity contribution in [1.82, 2.24) is 14.8 Å². The Bertz CT molecular complexity index is 823. The summed E-state index contributed by atoms with van der Waals surface area (Å²) in [6.07, 6.45) is 7.97. The molecule has 0 bridgehead atoms. The van der Waals surface area contributed by atoms with Crippen LogP contribution in [0.4, 0.5) is 0 Å². The summed E-state index contributed by atoms with van der Waals surface area (Å²) in [6, 6.07) is 7.98. The predicted molar refractivity (Wildman–Crippen MR) is 116 cm³/mol. The number of aryl methyl sites for hydroxylation is 1. The number of pyridine rings is 1. The lowest BCUT2D eigenvalue weighted by atomic mass is 10.2. The van der Waals surface area contributed by atoms with E-state index < -0.39 is 0 Å². The normalized spacial score (nSPS) is 19.7. The number of carbonyl (C=O) groups excluding carboxylic acids is 2. The second-order valence-electron chi connectivity index (χ2n) is 8.24. The van der Waals surface area contributed by atoms with Gasteiger partial charge in [-0.05, 0) is 54.7 Å². The lowest BCUT2D eigenvalue weighted by Gasteiger charge is -2.25. The fraction of sp³-hybridized carbons (Fsp3) is 0.522. The zero-order chi connectivity index (χ0) is 20.8. The third kappa shape index (κ3) is 6.12. The number of nitrogens with zero attached hydrogens (tertiary/aromatic N) is 3. The Hall–Kier alpha value is -2.25. The second kappa shape index (κ2) is 10.2. The van der Waals surface area contributed by atoms with Gasteiger partial charge in [0.1, 0.15) is 0 Å². The van der Waals surface area contributed by atoms with E-state index in [4.69, 9.17) is 4.74 Å². The largest absolute Gasteiger partial charge is 0.374 e. The van der Waals surface area contributed by atoms with E-state index in [0.29, 0.717) is 32.0 Å². The topological polar surface area (TPSA) is 62.7 Å². The molecule has 2 amide bonds. The van der Waals surface area contributed by atoms with Crippen molar-refractivity contribution in [2.24, 2.45) is 5.92 Å². The maximum absolute atomic E-state index is 12.9. The van der Waals surface area contributed by atoms with Crippen molar-refractivity contribution in [3.63, 3.8) is 0 Å². The van der Waals surface area contributed by atoms with Crippen LogP contribution in [0.25, 0.3) is 0 Å². The number of aromatic nitrogens is 1. The highest BCUT2D eigenvalue weighted by Gasteiger charge is 2.32. The van der Waals surface area contributed by atoms with Crippen molar-refractivity contribution in [3.05, 3.63) is 52.5 Å². The summed E-state index contributed by atoms with van der Waals surface area (Å²) in [4.78, 5) is 34.8. The van der Waals surface area contributed by atoms with Crippen LogP contribution in [-0.4, -0.2) is 58.9 Å². The van der Waals surface area contributed by atoms with Gasteiger partial charge in [0.05, 0.1) is 12.6 Å². The summed E-state index contributed by atoms with van der Waals surface area (Å²) in [6.45, 7) is 2.34. The standard InChI is InChI=1S/C23H29N3O3S/c27-22(7-1-5-21-6-3-11-30-21)26-15-20(29-17-18-8-9-18)14-25(23(28)16-26)13-19-4-2-10-24-12-19/h2-4,6,10-12,18,20H,1,5,7-9,13-17H2/t20-/m0/s1. The van der Waals surface area contributed by atoms with Gasteiger partial charge in [-0.2, -0.15) is 0 Å². The van der Waals surface area contributed by atoms with Gasteiger partial charge in [0, 0.05) is 49.9 Å². The molecule has 2 aliphatic rings. The van der Waals surface area contributed by atoms with E-state index in [0.717, 1.165) is 25.0 Å². The molecule has 7 heteroatoms. The summed E-state index contributed by atoms with van der Waals surface area (Å²) in [5, 5.41) is 2.06. The molecule has 4 rings (SSSR count). The van der Waals surface area contributed by atoms with Gasteiger partial charge >= 0.3 is 0 Å². The molecule has 0 N–H and O–H groups in total. The Morgan fingerprint density at radius 2 is 2.13 bits per heavy atom. The lowest BCUT2D eigenvalue weighted by Crippen LogP contribution is -2.39. The fourth-order valence-corrected chi connectivity index (χ4v) is 4.47. The van der Waals surface area contributed by atoms with E-state index in [1.807, 2.05) is 23.1 Å². The van der Waals surface area contributed by atoms with E-state index in [-0.39, 0.29) is 24.5 Å². The van der Waals surface area contributed by atoms with Crippen LogP contribution < -0.4 is 0 Å². The average molecular weight is 428 g/mol. The SMILES string of the molecule is O=C(CCCc1cccs1)N1CC(=O)N(Cc2cccnc2)C[C@H](OCC2CC2)C1. The third-order valence-corrected chi connectivity index (χ3v) is 6.57. The summed E-state index contributed by atoms with van der Waals surface area (Å²) in [5.41, 5.74) is 0.988. The van der Waals surface area contributed by atoms with Crippen molar-refractivity contribution in [2.45, 2.75) is 44.8 Å². The molecule has 1 saturated heterocycles. The molecule has 30 heavy (non-hydrogen) atoms. The molecular formula is C23H29N3O3S. The number of hydrogen-bond donors (Lipinski definition) is 0. The Balaban J connectivity index is 1.37. The van der Waals surface area contributed by atoms with E-state index in [1.165, 1.54) is 17.7 Å². The summed E-state index contributed by atoms with van der Waals surface area (Å²) in [5.74, 6) is 0.664. The number of thiophene rings is 1. The molecule has 6 nitrogen and oxygen atoms in total. The lowest BCUT2D eigenvalue weighted by molar-refractivity contribution is -0.139. The number of hydrogen-bond acceptors (Lipinski definition) is 5. The van der Waals surface area contributed by atoms with Crippen LogP contribution >= 0.6 is 11.3 Å². The zero-order valence-corrected chi connectivity index (χ0v) is 18.1. The molecule has 0 spiro atoms. The zero-order valence-electron chi connectivity index (χ0n) is 17.2. The molecule has 2 fully saturated rings. The molecule has 2 aromatic rings. The van der Waals surface area contributed by atoms with E-state index in [1.54, 1.807) is 28.6 Å². The molecule has 1 aliphatic heterocycles. The second-order valence-corrected chi connectivity index (χ2v) is 9.27. The third-order valence-electron chi connectivity index (χ3n) is 5.63. The minimum absolute atomic E-state index is 0.0250. The molecule has 0 aromatic carbocycles. The molecule has 0 radical (unpaired) electrons. The van der Waals surface area contributed by atoms with Gasteiger partial charge < -0.3 is 14.5 Å². The van der Waals surface area contributed by atoms with Crippen LogP contribution in [-0.2, 0) is 27.3 Å². The van der Waals surface area contributed by atoms with Crippen molar-refractivity contribution in [1.29, 1.82) is 0 Å². The quantitative estimate of drug-likeness (QED) is 0.617. The molecule has 3 heterocycles. The molecular weight excluding hydrogens is 398 g/mol. The van der Waals surface area contributed by atoms with Crippen molar-refractivity contribution < 1.29 is 14.3 Å². The molecule has 1 saturated carbocycles. The predicted octanol–water partition coefficient (Wildman–Crippen LogP) is 3.13. The fourth-order valence-electron chi connectivity index (χ4n) is 3.72.